The first-order valence-electron chi connectivity index (χ1n) is 5.42. The van der Waals surface area contributed by atoms with Crippen molar-refractivity contribution < 1.29 is 18.4 Å². The summed E-state index contributed by atoms with van der Waals surface area (Å²) in [5.41, 5.74) is -0.878. The Balaban J connectivity index is 2.45. The monoisotopic (exact) mass is 239 g/mol. The van der Waals surface area contributed by atoms with E-state index in [1.807, 2.05) is 6.92 Å². The van der Waals surface area contributed by atoms with E-state index in [-0.39, 0.29) is 6.54 Å². The highest BCUT2D eigenvalue weighted by Crippen LogP contribution is 2.27. The van der Waals surface area contributed by atoms with Crippen LogP contribution < -0.4 is 0 Å². The normalized spacial score (nSPS) is 14.4. The van der Waals surface area contributed by atoms with Gasteiger partial charge in [-0.25, -0.2) is 8.78 Å². The van der Waals surface area contributed by atoms with Gasteiger partial charge in [-0.05, 0) is 18.6 Å². The quantitative estimate of drug-likeness (QED) is 0.759. The van der Waals surface area contributed by atoms with E-state index in [0.717, 1.165) is 23.5 Å². The molecule has 0 N–H and O–H groups in total. The SMILES string of the molecule is CCCCN1C(=O)c2c(F)ccc(F)c2C1=O. The molecule has 0 atom stereocenters. The van der Waals surface area contributed by atoms with E-state index in [0.29, 0.717) is 6.42 Å². The lowest BCUT2D eigenvalue weighted by Crippen LogP contribution is -2.30. The molecule has 0 aromatic heterocycles. The minimum atomic E-state index is -0.848. The third-order valence-corrected chi connectivity index (χ3v) is 2.76. The molecule has 1 heterocycles. The van der Waals surface area contributed by atoms with Crippen molar-refractivity contribution in [2.24, 2.45) is 0 Å². The Kier molecular flexibility index (Phi) is 2.92. The van der Waals surface area contributed by atoms with Crippen LogP contribution in [0.3, 0.4) is 0 Å². The van der Waals surface area contributed by atoms with Crippen molar-refractivity contribution >= 4 is 11.8 Å². The van der Waals surface area contributed by atoms with Crippen LogP contribution in [0, 0.1) is 11.6 Å². The number of nitrogens with zero attached hydrogens (tertiary/aromatic N) is 1. The Morgan fingerprint density at radius 3 is 1.94 bits per heavy atom. The van der Waals surface area contributed by atoms with Gasteiger partial charge < -0.3 is 0 Å². The van der Waals surface area contributed by atoms with Crippen LogP contribution in [0.5, 0.6) is 0 Å². The van der Waals surface area contributed by atoms with E-state index in [9.17, 15) is 18.4 Å². The molecule has 2 rings (SSSR count). The van der Waals surface area contributed by atoms with Crippen molar-refractivity contribution in [1.29, 1.82) is 0 Å². The maximum Gasteiger partial charge on any atom is 0.264 e. The summed E-state index contributed by atoms with van der Waals surface area (Å²) in [4.78, 5) is 24.5. The highest BCUT2D eigenvalue weighted by molar-refractivity contribution is 6.21. The van der Waals surface area contributed by atoms with Gasteiger partial charge in [-0.1, -0.05) is 13.3 Å². The second-order valence-electron chi connectivity index (χ2n) is 3.89. The molecule has 17 heavy (non-hydrogen) atoms. The zero-order valence-electron chi connectivity index (χ0n) is 9.30. The van der Waals surface area contributed by atoms with Gasteiger partial charge in [0.05, 0.1) is 11.1 Å². The molecule has 0 spiro atoms. The van der Waals surface area contributed by atoms with Crippen LogP contribution in [0.25, 0.3) is 0 Å². The fourth-order valence-electron chi connectivity index (χ4n) is 1.85. The standard InChI is InChI=1S/C12H11F2NO2/c1-2-3-6-15-11(16)9-7(13)4-5-8(14)10(9)12(15)17/h4-5H,2-3,6H2,1H3. The van der Waals surface area contributed by atoms with Gasteiger partial charge in [0, 0.05) is 6.54 Å². The van der Waals surface area contributed by atoms with Crippen molar-refractivity contribution in [2.75, 3.05) is 6.54 Å². The Hall–Kier alpha value is -1.78. The predicted molar refractivity (Wildman–Crippen MR) is 56.6 cm³/mol. The first kappa shape index (κ1) is 11.7. The van der Waals surface area contributed by atoms with Gasteiger partial charge in [-0.2, -0.15) is 0 Å². The van der Waals surface area contributed by atoms with Crippen LogP contribution in [-0.4, -0.2) is 23.3 Å². The average Bonchev–Trinajstić information content (AvgIpc) is 2.55. The molecule has 0 bridgehead atoms. The molecule has 0 saturated carbocycles. The lowest BCUT2D eigenvalue weighted by molar-refractivity contribution is 0.0650. The maximum absolute atomic E-state index is 13.4. The second-order valence-corrected chi connectivity index (χ2v) is 3.89. The number of hydrogen-bond acceptors (Lipinski definition) is 2. The molecule has 0 unspecified atom stereocenters. The maximum atomic E-state index is 13.4. The molecule has 1 aromatic rings. The summed E-state index contributed by atoms with van der Waals surface area (Å²) in [6, 6.07) is 1.73. The smallest absolute Gasteiger partial charge is 0.264 e. The molecule has 1 aromatic carbocycles. The van der Waals surface area contributed by atoms with Gasteiger partial charge in [-0.3, -0.25) is 14.5 Å². The minimum absolute atomic E-state index is 0.196. The predicted octanol–water partition coefficient (Wildman–Crippen LogP) is 2.36. The topological polar surface area (TPSA) is 37.4 Å². The Bertz CT molecular complexity index is 459. The van der Waals surface area contributed by atoms with Crippen molar-refractivity contribution in [1.82, 2.24) is 4.90 Å². The van der Waals surface area contributed by atoms with E-state index in [2.05, 4.69) is 0 Å². The molecule has 1 aliphatic heterocycles. The molecule has 1 aliphatic rings. The summed E-state index contributed by atoms with van der Waals surface area (Å²) in [5, 5.41) is 0. The van der Waals surface area contributed by atoms with Gasteiger partial charge in [0.1, 0.15) is 11.6 Å². The number of amides is 2. The number of imide groups is 1. The zero-order valence-corrected chi connectivity index (χ0v) is 9.30. The number of fused-ring (bicyclic) bond motifs is 1. The molecular formula is C12H11F2NO2. The van der Waals surface area contributed by atoms with Gasteiger partial charge in [0.15, 0.2) is 0 Å². The number of unbranched alkanes of at least 4 members (excludes halogenated alkanes) is 1. The fraction of sp³-hybridized carbons (Fsp3) is 0.333. The van der Waals surface area contributed by atoms with E-state index in [1.54, 1.807) is 0 Å². The van der Waals surface area contributed by atoms with Gasteiger partial charge >= 0.3 is 0 Å². The van der Waals surface area contributed by atoms with Crippen LogP contribution in [0.2, 0.25) is 0 Å². The summed E-state index contributed by atoms with van der Waals surface area (Å²) in [7, 11) is 0. The first-order chi connectivity index (χ1) is 8.07. The van der Waals surface area contributed by atoms with Gasteiger partial charge in [0.2, 0.25) is 0 Å². The van der Waals surface area contributed by atoms with Crippen molar-refractivity contribution in [3.8, 4) is 0 Å². The number of carbonyl (C=O) groups excluding carboxylic acids is 2. The zero-order chi connectivity index (χ0) is 12.6. The Labute approximate surface area is 97.0 Å². The number of carbonyl (C=O) groups is 2. The second kappa shape index (κ2) is 4.24. The van der Waals surface area contributed by atoms with E-state index >= 15 is 0 Å². The van der Waals surface area contributed by atoms with Crippen LogP contribution >= 0.6 is 0 Å². The van der Waals surface area contributed by atoms with E-state index in [4.69, 9.17) is 0 Å². The van der Waals surface area contributed by atoms with Crippen LogP contribution in [0.4, 0.5) is 8.78 Å². The van der Waals surface area contributed by atoms with Crippen LogP contribution in [-0.2, 0) is 0 Å². The summed E-state index contributed by atoms with van der Waals surface area (Å²) in [5.74, 6) is -3.18. The number of hydrogen-bond donors (Lipinski definition) is 0. The third-order valence-electron chi connectivity index (χ3n) is 2.76. The van der Waals surface area contributed by atoms with Crippen molar-refractivity contribution in [3.05, 3.63) is 34.9 Å². The summed E-state index contributed by atoms with van der Waals surface area (Å²) in [6.07, 6.45) is 1.41. The number of rotatable bonds is 3. The highest BCUT2D eigenvalue weighted by atomic mass is 19.1. The average molecular weight is 239 g/mol. The molecule has 90 valence electrons. The molecule has 3 nitrogen and oxygen atoms in total. The third kappa shape index (κ3) is 1.71. The van der Waals surface area contributed by atoms with Crippen molar-refractivity contribution in [2.45, 2.75) is 19.8 Å². The minimum Gasteiger partial charge on any atom is -0.274 e. The van der Waals surface area contributed by atoms with Gasteiger partial charge in [-0.15, -0.1) is 0 Å². The Morgan fingerprint density at radius 2 is 1.53 bits per heavy atom. The van der Waals surface area contributed by atoms with E-state index in [1.165, 1.54) is 0 Å². The summed E-state index contributed by atoms with van der Waals surface area (Å²) in [6.45, 7) is 2.10. The van der Waals surface area contributed by atoms with Crippen LogP contribution in [0.1, 0.15) is 40.5 Å². The lowest BCUT2D eigenvalue weighted by Gasteiger charge is -2.12. The molecule has 5 heteroatoms. The Morgan fingerprint density at radius 1 is 1.06 bits per heavy atom. The van der Waals surface area contributed by atoms with Gasteiger partial charge in [0.25, 0.3) is 11.8 Å². The highest BCUT2D eigenvalue weighted by Gasteiger charge is 2.39. The van der Waals surface area contributed by atoms with E-state index < -0.39 is 34.6 Å². The molecule has 2 amide bonds. The van der Waals surface area contributed by atoms with Crippen molar-refractivity contribution in [3.63, 3.8) is 0 Å². The fourth-order valence-corrected chi connectivity index (χ4v) is 1.85. The summed E-state index contributed by atoms with van der Waals surface area (Å²) < 4.78 is 26.8. The van der Waals surface area contributed by atoms with Crippen LogP contribution in [0.15, 0.2) is 12.1 Å². The molecule has 0 radical (unpaired) electrons. The number of benzene rings is 1. The molecule has 0 saturated heterocycles. The lowest BCUT2D eigenvalue weighted by atomic mass is 10.1. The molecular weight excluding hydrogens is 228 g/mol. The first-order valence-corrected chi connectivity index (χ1v) is 5.42. The summed E-state index contributed by atoms with van der Waals surface area (Å²) >= 11 is 0. The molecule has 0 fully saturated rings. The largest absolute Gasteiger partial charge is 0.274 e. The number of halogens is 2. The molecule has 0 aliphatic carbocycles.